The first-order valence-corrected chi connectivity index (χ1v) is 8.20. The van der Waals surface area contributed by atoms with Gasteiger partial charge in [0, 0.05) is 12.5 Å². The third-order valence-corrected chi connectivity index (χ3v) is 4.52. The number of methoxy groups -OCH3 is 1. The predicted molar refractivity (Wildman–Crippen MR) is 87.4 cm³/mol. The molecule has 0 aliphatic carbocycles. The van der Waals surface area contributed by atoms with E-state index in [1.807, 2.05) is 6.92 Å². The Labute approximate surface area is 143 Å². The van der Waals surface area contributed by atoms with Crippen LogP contribution in [0.15, 0.2) is 22.7 Å². The third kappa shape index (κ3) is 4.45. The Morgan fingerprint density at radius 3 is 2.78 bits per heavy atom. The molecule has 23 heavy (non-hydrogen) atoms. The number of halogens is 1. The van der Waals surface area contributed by atoms with E-state index in [1.54, 1.807) is 18.2 Å². The molecule has 1 fully saturated rings. The fourth-order valence-corrected chi connectivity index (χ4v) is 3.20. The first-order valence-electron chi connectivity index (χ1n) is 7.40. The summed E-state index contributed by atoms with van der Waals surface area (Å²) in [5, 5.41) is 12.1. The maximum absolute atomic E-state index is 12.4. The molecular formula is C16H20BrNO5. The second kappa shape index (κ2) is 7.79. The van der Waals surface area contributed by atoms with Crippen molar-refractivity contribution in [1.82, 2.24) is 5.32 Å². The van der Waals surface area contributed by atoms with Gasteiger partial charge in [0.25, 0.3) is 0 Å². The van der Waals surface area contributed by atoms with Crippen LogP contribution in [0.3, 0.4) is 0 Å². The molecule has 1 aliphatic rings. The number of hydrogen-bond acceptors (Lipinski definition) is 4. The summed E-state index contributed by atoms with van der Waals surface area (Å²) in [5.74, 6) is -0.972. The van der Waals surface area contributed by atoms with Crippen LogP contribution < -0.4 is 10.1 Å². The van der Waals surface area contributed by atoms with Gasteiger partial charge in [-0.2, -0.15) is 0 Å². The molecule has 2 N–H and O–H groups in total. The van der Waals surface area contributed by atoms with Gasteiger partial charge in [0.2, 0.25) is 5.91 Å². The highest BCUT2D eigenvalue weighted by Gasteiger charge is 2.30. The number of carbonyl (C=O) groups is 2. The van der Waals surface area contributed by atoms with Crippen molar-refractivity contribution in [3.8, 4) is 5.75 Å². The molecule has 126 valence electrons. The van der Waals surface area contributed by atoms with E-state index in [1.165, 1.54) is 7.11 Å². The van der Waals surface area contributed by atoms with Gasteiger partial charge in [-0.1, -0.05) is 6.07 Å². The molecule has 1 aromatic carbocycles. The van der Waals surface area contributed by atoms with Crippen LogP contribution in [0.2, 0.25) is 0 Å². The molecule has 0 aromatic heterocycles. The monoisotopic (exact) mass is 385 g/mol. The Morgan fingerprint density at radius 1 is 1.48 bits per heavy atom. The number of ether oxygens (including phenoxy) is 2. The molecule has 1 amide bonds. The van der Waals surface area contributed by atoms with Gasteiger partial charge in [-0.25, -0.2) is 4.79 Å². The smallest absolute Gasteiger partial charge is 0.330 e. The largest absolute Gasteiger partial charge is 0.496 e. The highest BCUT2D eigenvalue weighted by Crippen LogP contribution is 2.29. The van der Waals surface area contributed by atoms with E-state index >= 15 is 0 Å². The van der Waals surface area contributed by atoms with Crippen molar-refractivity contribution in [2.45, 2.75) is 31.9 Å². The van der Waals surface area contributed by atoms with Gasteiger partial charge in [0.05, 0.1) is 17.7 Å². The maximum Gasteiger partial charge on any atom is 0.330 e. The molecule has 2 rings (SSSR count). The fraction of sp³-hybridized carbons (Fsp3) is 0.500. The van der Waals surface area contributed by atoms with Crippen LogP contribution in [0.1, 0.15) is 31.4 Å². The van der Waals surface area contributed by atoms with E-state index < -0.39 is 12.0 Å². The Hall–Kier alpha value is -1.60. The number of aliphatic carboxylic acids is 1. The zero-order valence-corrected chi connectivity index (χ0v) is 14.6. The van der Waals surface area contributed by atoms with E-state index in [-0.39, 0.29) is 17.9 Å². The highest BCUT2D eigenvalue weighted by atomic mass is 79.9. The van der Waals surface area contributed by atoms with Gasteiger partial charge in [-0.05, 0) is 53.4 Å². The summed E-state index contributed by atoms with van der Waals surface area (Å²) in [6.07, 6.45) is 1.22. The molecule has 0 spiro atoms. The van der Waals surface area contributed by atoms with Crippen molar-refractivity contribution in [2.75, 3.05) is 13.7 Å². The van der Waals surface area contributed by atoms with Crippen molar-refractivity contribution in [2.24, 2.45) is 5.92 Å². The Bertz CT molecular complexity index is 592. The molecule has 1 aromatic rings. The first-order chi connectivity index (χ1) is 10.9. The molecule has 3 unspecified atom stereocenters. The molecule has 0 saturated carbocycles. The summed E-state index contributed by atoms with van der Waals surface area (Å²) in [4.78, 5) is 23.9. The lowest BCUT2D eigenvalue weighted by Crippen LogP contribution is -2.40. The number of nitrogens with one attached hydrogen (secondary N) is 1. The van der Waals surface area contributed by atoms with E-state index in [0.29, 0.717) is 35.2 Å². The van der Waals surface area contributed by atoms with Crippen LogP contribution >= 0.6 is 15.9 Å². The Kier molecular flexibility index (Phi) is 6.01. The minimum Gasteiger partial charge on any atom is -0.496 e. The number of carboxylic acid groups (broad SMARTS) is 1. The summed E-state index contributed by atoms with van der Waals surface area (Å²) in [7, 11) is 1.53. The molecule has 1 saturated heterocycles. The number of benzene rings is 1. The van der Waals surface area contributed by atoms with Crippen LogP contribution in [0.4, 0.5) is 0 Å². The molecule has 0 radical (unpaired) electrons. The van der Waals surface area contributed by atoms with E-state index in [4.69, 9.17) is 9.47 Å². The average Bonchev–Trinajstić information content (AvgIpc) is 2.52. The van der Waals surface area contributed by atoms with Crippen molar-refractivity contribution >= 4 is 27.8 Å². The summed E-state index contributed by atoms with van der Waals surface area (Å²) in [6, 6.07) is 3.85. The molecule has 1 heterocycles. The minimum atomic E-state index is -1.10. The quantitative estimate of drug-likeness (QED) is 0.813. The lowest BCUT2D eigenvalue weighted by atomic mass is 9.94. The zero-order valence-electron chi connectivity index (χ0n) is 13.0. The molecule has 7 heteroatoms. The van der Waals surface area contributed by atoms with Crippen LogP contribution in [0.5, 0.6) is 5.75 Å². The van der Waals surface area contributed by atoms with Crippen molar-refractivity contribution in [3.63, 3.8) is 0 Å². The standard InChI is InChI=1S/C16H20BrNO5/c1-9-7-11(5-6-23-9)15(19)18-14(16(20)21)10-3-4-13(22-2)12(17)8-10/h3-4,8-9,11,14H,5-7H2,1-2H3,(H,18,19)(H,20,21). The van der Waals surface area contributed by atoms with Gasteiger partial charge in [-0.3, -0.25) is 4.79 Å². The fourth-order valence-electron chi connectivity index (χ4n) is 2.65. The normalized spacial score (nSPS) is 22.2. The van der Waals surface area contributed by atoms with Crippen LogP contribution in [0.25, 0.3) is 0 Å². The van der Waals surface area contributed by atoms with Gasteiger partial charge < -0.3 is 19.9 Å². The lowest BCUT2D eigenvalue weighted by Gasteiger charge is -2.27. The van der Waals surface area contributed by atoms with Crippen LogP contribution in [-0.2, 0) is 14.3 Å². The van der Waals surface area contributed by atoms with Crippen LogP contribution in [0, 0.1) is 5.92 Å². The number of rotatable bonds is 5. The van der Waals surface area contributed by atoms with Crippen LogP contribution in [-0.4, -0.2) is 36.8 Å². The minimum absolute atomic E-state index is 0.0120. The molecule has 6 nitrogen and oxygen atoms in total. The summed E-state index contributed by atoms with van der Waals surface area (Å²) in [5.41, 5.74) is 0.485. The predicted octanol–water partition coefficient (Wildman–Crippen LogP) is 2.51. The maximum atomic E-state index is 12.4. The number of amides is 1. The van der Waals surface area contributed by atoms with Crippen molar-refractivity contribution in [3.05, 3.63) is 28.2 Å². The van der Waals surface area contributed by atoms with Gasteiger partial charge >= 0.3 is 5.97 Å². The Morgan fingerprint density at radius 2 is 2.22 bits per heavy atom. The van der Waals surface area contributed by atoms with E-state index in [9.17, 15) is 14.7 Å². The average molecular weight is 386 g/mol. The second-order valence-electron chi connectivity index (χ2n) is 5.58. The number of carbonyl (C=O) groups excluding carboxylic acids is 1. The van der Waals surface area contributed by atoms with E-state index in [0.717, 1.165) is 0 Å². The number of carboxylic acids is 1. The SMILES string of the molecule is COc1ccc(C(NC(=O)C2CCOC(C)C2)C(=O)O)cc1Br. The molecular weight excluding hydrogens is 366 g/mol. The van der Waals surface area contributed by atoms with Gasteiger partial charge in [0.15, 0.2) is 6.04 Å². The second-order valence-corrected chi connectivity index (χ2v) is 6.43. The highest BCUT2D eigenvalue weighted by molar-refractivity contribution is 9.10. The summed E-state index contributed by atoms with van der Waals surface area (Å²) < 4.78 is 11.2. The van der Waals surface area contributed by atoms with E-state index in [2.05, 4.69) is 21.2 Å². The summed E-state index contributed by atoms with van der Waals surface area (Å²) >= 11 is 3.33. The van der Waals surface area contributed by atoms with Gasteiger partial charge in [0.1, 0.15) is 5.75 Å². The Balaban J connectivity index is 2.14. The lowest BCUT2D eigenvalue weighted by molar-refractivity contribution is -0.143. The van der Waals surface area contributed by atoms with Crippen molar-refractivity contribution in [1.29, 1.82) is 0 Å². The topological polar surface area (TPSA) is 84.9 Å². The summed E-state index contributed by atoms with van der Waals surface area (Å²) in [6.45, 7) is 2.43. The molecule has 1 aliphatic heterocycles. The third-order valence-electron chi connectivity index (χ3n) is 3.90. The number of hydrogen-bond donors (Lipinski definition) is 2. The molecule has 0 bridgehead atoms. The zero-order chi connectivity index (χ0) is 17.0. The van der Waals surface area contributed by atoms with Gasteiger partial charge in [-0.15, -0.1) is 0 Å². The first kappa shape index (κ1) is 17.7. The molecule has 3 atom stereocenters. The van der Waals surface area contributed by atoms with Crippen molar-refractivity contribution < 1.29 is 24.2 Å².